The van der Waals surface area contributed by atoms with Gasteiger partial charge in [-0.15, -0.1) is 0 Å². The summed E-state index contributed by atoms with van der Waals surface area (Å²) in [6, 6.07) is 10.1. The summed E-state index contributed by atoms with van der Waals surface area (Å²) in [6.07, 6.45) is 0.756. The summed E-state index contributed by atoms with van der Waals surface area (Å²) in [5.41, 5.74) is 0.328. The number of hydrogen-bond acceptors (Lipinski definition) is 3. The molecular formula is C17H28N2O. The van der Waals surface area contributed by atoms with Crippen molar-refractivity contribution in [2.24, 2.45) is 5.92 Å². The lowest BCUT2D eigenvalue weighted by Crippen LogP contribution is -2.48. The van der Waals surface area contributed by atoms with Crippen molar-refractivity contribution < 1.29 is 5.11 Å². The van der Waals surface area contributed by atoms with E-state index in [1.54, 1.807) is 0 Å². The fraction of sp³-hybridized carbons (Fsp3) is 0.647. The van der Waals surface area contributed by atoms with Gasteiger partial charge < -0.3 is 14.9 Å². The SMILES string of the molecule is CCC(O)(c1ccccc1)C(C)CN1CCN(C)CC1. The van der Waals surface area contributed by atoms with Gasteiger partial charge in [-0.1, -0.05) is 44.2 Å². The molecule has 1 heterocycles. The summed E-state index contributed by atoms with van der Waals surface area (Å²) >= 11 is 0. The topological polar surface area (TPSA) is 26.7 Å². The molecule has 0 bridgehead atoms. The first kappa shape index (κ1) is 15.5. The van der Waals surface area contributed by atoms with Gasteiger partial charge in [0.2, 0.25) is 0 Å². The molecule has 1 saturated heterocycles. The van der Waals surface area contributed by atoms with Crippen LogP contribution in [-0.4, -0.2) is 54.7 Å². The zero-order chi connectivity index (χ0) is 14.6. The molecule has 2 atom stereocenters. The molecule has 1 aliphatic rings. The van der Waals surface area contributed by atoms with Gasteiger partial charge in [-0.25, -0.2) is 0 Å². The highest BCUT2D eigenvalue weighted by Gasteiger charge is 2.35. The normalized spacial score (nSPS) is 22.4. The molecule has 0 aliphatic carbocycles. The van der Waals surface area contributed by atoms with Crippen LogP contribution in [0.3, 0.4) is 0 Å². The Hall–Kier alpha value is -0.900. The molecular weight excluding hydrogens is 248 g/mol. The Balaban J connectivity index is 2.03. The second-order valence-corrected chi connectivity index (χ2v) is 6.15. The fourth-order valence-electron chi connectivity index (χ4n) is 3.13. The van der Waals surface area contributed by atoms with E-state index in [2.05, 4.69) is 30.7 Å². The highest BCUT2D eigenvalue weighted by Crippen LogP contribution is 2.33. The Morgan fingerprint density at radius 3 is 2.30 bits per heavy atom. The lowest BCUT2D eigenvalue weighted by atomic mass is 9.80. The maximum Gasteiger partial charge on any atom is 0.0931 e. The molecule has 0 spiro atoms. The van der Waals surface area contributed by atoms with Crippen LogP contribution >= 0.6 is 0 Å². The molecule has 3 heteroatoms. The molecule has 0 radical (unpaired) electrons. The average Bonchev–Trinajstić information content (AvgIpc) is 2.49. The van der Waals surface area contributed by atoms with Crippen LogP contribution < -0.4 is 0 Å². The van der Waals surface area contributed by atoms with E-state index in [0.717, 1.165) is 44.7 Å². The number of hydrogen-bond donors (Lipinski definition) is 1. The van der Waals surface area contributed by atoms with Gasteiger partial charge in [0.1, 0.15) is 0 Å². The standard InChI is InChI=1S/C17H28N2O/c1-4-17(20,16-8-6-5-7-9-16)15(2)14-19-12-10-18(3)11-13-19/h5-9,15,20H,4,10-14H2,1-3H3. The molecule has 1 aliphatic heterocycles. The Kier molecular flexibility index (Phi) is 5.19. The van der Waals surface area contributed by atoms with Crippen molar-refractivity contribution in [2.45, 2.75) is 25.9 Å². The maximum atomic E-state index is 11.1. The van der Waals surface area contributed by atoms with Crippen LogP contribution in [0.25, 0.3) is 0 Å². The van der Waals surface area contributed by atoms with E-state index in [1.165, 1.54) is 0 Å². The minimum atomic E-state index is -0.718. The molecule has 0 amide bonds. The van der Waals surface area contributed by atoms with E-state index in [0.29, 0.717) is 0 Å². The van der Waals surface area contributed by atoms with Crippen LogP contribution in [0.5, 0.6) is 0 Å². The molecule has 2 rings (SSSR count). The highest BCUT2D eigenvalue weighted by atomic mass is 16.3. The third-order valence-electron chi connectivity index (χ3n) is 4.76. The third-order valence-corrected chi connectivity index (χ3v) is 4.76. The van der Waals surface area contributed by atoms with E-state index >= 15 is 0 Å². The number of benzene rings is 1. The molecule has 3 nitrogen and oxygen atoms in total. The van der Waals surface area contributed by atoms with Crippen molar-refractivity contribution in [3.63, 3.8) is 0 Å². The molecule has 0 saturated carbocycles. The van der Waals surface area contributed by atoms with Crippen molar-refractivity contribution in [3.05, 3.63) is 35.9 Å². The van der Waals surface area contributed by atoms with Crippen molar-refractivity contribution in [2.75, 3.05) is 39.8 Å². The minimum Gasteiger partial charge on any atom is -0.385 e. The molecule has 1 fully saturated rings. The van der Waals surface area contributed by atoms with E-state index in [-0.39, 0.29) is 5.92 Å². The fourth-order valence-corrected chi connectivity index (χ4v) is 3.13. The van der Waals surface area contributed by atoms with Gasteiger partial charge in [-0.05, 0) is 19.0 Å². The van der Waals surface area contributed by atoms with Gasteiger partial charge in [0.25, 0.3) is 0 Å². The van der Waals surface area contributed by atoms with Gasteiger partial charge in [0, 0.05) is 38.6 Å². The molecule has 112 valence electrons. The lowest BCUT2D eigenvalue weighted by molar-refractivity contribution is -0.0371. The number of aliphatic hydroxyl groups is 1. The van der Waals surface area contributed by atoms with Gasteiger partial charge in [-0.2, -0.15) is 0 Å². The van der Waals surface area contributed by atoms with E-state index < -0.39 is 5.60 Å². The summed E-state index contributed by atoms with van der Waals surface area (Å²) in [6.45, 7) is 9.69. The van der Waals surface area contributed by atoms with Gasteiger partial charge in [-0.3, -0.25) is 0 Å². The quantitative estimate of drug-likeness (QED) is 0.893. The molecule has 1 aromatic rings. The van der Waals surface area contributed by atoms with E-state index in [4.69, 9.17) is 0 Å². The van der Waals surface area contributed by atoms with Crippen LogP contribution in [0, 0.1) is 5.92 Å². The summed E-state index contributed by atoms with van der Waals surface area (Å²) in [4.78, 5) is 4.85. The largest absolute Gasteiger partial charge is 0.385 e. The van der Waals surface area contributed by atoms with Crippen molar-refractivity contribution in [1.82, 2.24) is 9.80 Å². The van der Waals surface area contributed by atoms with Crippen LogP contribution in [-0.2, 0) is 5.60 Å². The predicted molar refractivity (Wildman–Crippen MR) is 83.7 cm³/mol. The third kappa shape index (κ3) is 3.40. The highest BCUT2D eigenvalue weighted by molar-refractivity contribution is 5.23. The van der Waals surface area contributed by atoms with Crippen molar-refractivity contribution in [3.8, 4) is 0 Å². The van der Waals surface area contributed by atoms with E-state index in [1.807, 2.05) is 30.3 Å². The smallest absolute Gasteiger partial charge is 0.0931 e. The second-order valence-electron chi connectivity index (χ2n) is 6.15. The first-order chi connectivity index (χ1) is 9.56. The van der Waals surface area contributed by atoms with Crippen LogP contribution in [0.4, 0.5) is 0 Å². The van der Waals surface area contributed by atoms with Crippen LogP contribution in [0.15, 0.2) is 30.3 Å². The zero-order valence-electron chi connectivity index (χ0n) is 13.0. The summed E-state index contributed by atoms with van der Waals surface area (Å²) < 4.78 is 0. The zero-order valence-corrected chi connectivity index (χ0v) is 13.0. The Labute approximate surface area is 123 Å². The molecule has 20 heavy (non-hydrogen) atoms. The molecule has 1 aromatic carbocycles. The average molecular weight is 276 g/mol. The number of nitrogens with zero attached hydrogens (tertiary/aromatic N) is 2. The lowest BCUT2D eigenvalue weighted by Gasteiger charge is -2.39. The summed E-state index contributed by atoms with van der Waals surface area (Å²) in [5, 5.41) is 11.1. The first-order valence-corrected chi connectivity index (χ1v) is 7.75. The van der Waals surface area contributed by atoms with Gasteiger partial charge >= 0.3 is 0 Å². The van der Waals surface area contributed by atoms with Gasteiger partial charge in [0.15, 0.2) is 0 Å². The monoisotopic (exact) mass is 276 g/mol. The summed E-state index contributed by atoms with van der Waals surface area (Å²) in [5.74, 6) is 0.235. The van der Waals surface area contributed by atoms with Crippen LogP contribution in [0.2, 0.25) is 0 Å². The molecule has 2 unspecified atom stereocenters. The summed E-state index contributed by atoms with van der Waals surface area (Å²) in [7, 11) is 2.17. The maximum absolute atomic E-state index is 11.1. The Morgan fingerprint density at radius 1 is 1.15 bits per heavy atom. The van der Waals surface area contributed by atoms with E-state index in [9.17, 15) is 5.11 Å². The molecule has 0 aromatic heterocycles. The Morgan fingerprint density at radius 2 is 1.75 bits per heavy atom. The number of rotatable bonds is 5. The number of likely N-dealkylation sites (N-methyl/N-ethyl adjacent to an activating group) is 1. The van der Waals surface area contributed by atoms with Crippen molar-refractivity contribution in [1.29, 1.82) is 0 Å². The van der Waals surface area contributed by atoms with Crippen molar-refractivity contribution >= 4 is 0 Å². The number of piperazine rings is 1. The van der Waals surface area contributed by atoms with Gasteiger partial charge in [0.05, 0.1) is 5.60 Å². The minimum absolute atomic E-state index is 0.235. The second kappa shape index (κ2) is 6.70. The molecule has 1 N–H and O–H groups in total. The van der Waals surface area contributed by atoms with Crippen LogP contribution in [0.1, 0.15) is 25.8 Å². The predicted octanol–water partition coefficient (Wildman–Crippen LogP) is 2.17. The Bertz CT molecular complexity index is 401. The first-order valence-electron chi connectivity index (χ1n) is 7.75.